The Labute approximate surface area is 76.8 Å². The first-order valence-electron chi connectivity index (χ1n) is 4.34. The van der Waals surface area contributed by atoms with Crippen molar-refractivity contribution in [1.82, 2.24) is 0 Å². The van der Waals surface area contributed by atoms with Gasteiger partial charge in [-0.2, -0.15) is 0 Å². The zero-order valence-corrected chi connectivity index (χ0v) is 8.01. The number of amidine groups is 1. The van der Waals surface area contributed by atoms with Gasteiger partial charge in [0.05, 0.1) is 12.1 Å². The Balaban J connectivity index is 2.10. The number of rotatable bonds is 1. The maximum atomic E-state index is 5.67. The number of hydrogen-bond acceptors (Lipinski definition) is 4. The van der Waals surface area contributed by atoms with E-state index in [-0.39, 0.29) is 0 Å². The lowest BCUT2D eigenvalue weighted by molar-refractivity contribution is 0.0587. The van der Waals surface area contributed by atoms with Crippen LogP contribution in [0.25, 0.3) is 0 Å². The topological polar surface area (TPSA) is 47.6 Å². The summed E-state index contributed by atoms with van der Waals surface area (Å²) in [6.07, 6.45) is 3.92. The summed E-state index contributed by atoms with van der Waals surface area (Å²) in [5, 5.41) is 1.33. The number of methoxy groups -OCH3 is 1. The number of fused-ring (bicyclic) bond motifs is 1. The van der Waals surface area contributed by atoms with Crippen LogP contribution in [0.3, 0.4) is 0 Å². The number of nitrogens with zero attached hydrogens (tertiary/aromatic N) is 1. The minimum absolute atomic E-state index is 0.303. The van der Waals surface area contributed by atoms with Crippen LogP contribution in [0.4, 0.5) is 0 Å². The van der Waals surface area contributed by atoms with E-state index >= 15 is 0 Å². The molecule has 1 heterocycles. The van der Waals surface area contributed by atoms with Crippen LogP contribution in [0.5, 0.6) is 0 Å². The van der Waals surface area contributed by atoms with E-state index in [1.165, 1.54) is 12.8 Å². The van der Waals surface area contributed by atoms with E-state index in [0.29, 0.717) is 17.4 Å². The first-order chi connectivity index (χ1) is 5.81. The van der Waals surface area contributed by atoms with E-state index in [4.69, 9.17) is 10.5 Å². The van der Waals surface area contributed by atoms with Crippen molar-refractivity contribution in [2.75, 3.05) is 7.11 Å². The molecule has 1 fully saturated rings. The summed E-state index contributed by atoms with van der Waals surface area (Å²) >= 11 is 1.72. The van der Waals surface area contributed by atoms with Crippen LogP contribution in [0, 0.1) is 0 Å². The van der Waals surface area contributed by atoms with Crippen LogP contribution in [-0.2, 0) is 4.74 Å². The Morgan fingerprint density at radius 2 is 2.42 bits per heavy atom. The lowest BCUT2D eigenvalue weighted by Gasteiger charge is -2.29. The van der Waals surface area contributed by atoms with Gasteiger partial charge in [-0.05, 0) is 19.3 Å². The van der Waals surface area contributed by atoms with Gasteiger partial charge < -0.3 is 10.5 Å². The van der Waals surface area contributed by atoms with Gasteiger partial charge in [-0.15, -0.1) is 0 Å². The smallest absolute Gasteiger partial charge is 0.154 e. The molecule has 2 aliphatic rings. The molecule has 0 bridgehead atoms. The predicted octanol–water partition coefficient (Wildman–Crippen LogP) is 0.984. The van der Waals surface area contributed by atoms with Crippen LogP contribution >= 0.6 is 11.8 Å². The third-order valence-corrected chi connectivity index (χ3v) is 3.75. The van der Waals surface area contributed by atoms with Crippen LogP contribution in [0.1, 0.15) is 19.3 Å². The second kappa shape index (κ2) is 3.26. The van der Waals surface area contributed by atoms with Crippen LogP contribution in [0.2, 0.25) is 0 Å². The Morgan fingerprint density at radius 3 is 3.17 bits per heavy atom. The molecule has 12 heavy (non-hydrogen) atoms. The average Bonchev–Trinajstić information content (AvgIpc) is 2.44. The van der Waals surface area contributed by atoms with Crippen molar-refractivity contribution in [3.8, 4) is 0 Å². The van der Waals surface area contributed by atoms with E-state index in [1.807, 2.05) is 0 Å². The number of ether oxygens (including phenoxy) is 1. The highest BCUT2D eigenvalue weighted by atomic mass is 32.2. The lowest BCUT2D eigenvalue weighted by atomic mass is 9.92. The summed E-state index contributed by atoms with van der Waals surface area (Å²) < 4.78 is 5.38. The normalized spacial score (nSPS) is 40.8. The van der Waals surface area contributed by atoms with E-state index < -0.39 is 0 Å². The van der Waals surface area contributed by atoms with Crippen molar-refractivity contribution in [1.29, 1.82) is 0 Å². The summed E-state index contributed by atoms with van der Waals surface area (Å²) in [5.74, 6) is 0. The summed E-state index contributed by atoms with van der Waals surface area (Å²) in [7, 11) is 1.77. The van der Waals surface area contributed by atoms with Crippen molar-refractivity contribution >= 4 is 16.9 Å². The van der Waals surface area contributed by atoms with Crippen LogP contribution < -0.4 is 5.73 Å². The molecule has 0 amide bonds. The maximum Gasteiger partial charge on any atom is 0.154 e. The van der Waals surface area contributed by atoms with E-state index in [0.717, 1.165) is 11.6 Å². The maximum absolute atomic E-state index is 5.67. The summed E-state index contributed by atoms with van der Waals surface area (Å²) in [6, 6.07) is 0.328. The van der Waals surface area contributed by atoms with Crippen molar-refractivity contribution in [2.24, 2.45) is 10.7 Å². The molecule has 0 aromatic carbocycles. The van der Waals surface area contributed by atoms with Crippen molar-refractivity contribution in [3.05, 3.63) is 0 Å². The quantitative estimate of drug-likeness (QED) is 0.664. The van der Waals surface area contributed by atoms with Gasteiger partial charge in [0.25, 0.3) is 0 Å². The Kier molecular flexibility index (Phi) is 2.28. The van der Waals surface area contributed by atoms with Crippen molar-refractivity contribution in [3.63, 3.8) is 0 Å². The summed E-state index contributed by atoms with van der Waals surface area (Å²) in [6.45, 7) is 0. The lowest BCUT2D eigenvalue weighted by Crippen LogP contribution is -2.36. The van der Waals surface area contributed by atoms with Gasteiger partial charge in [0, 0.05) is 12.4 Å². The van der Waals surface area contributed by atoms with Gasteiger partial charge in [-0.3, -0.25) is 4.99 Å². The van der Waals surface area contributed by atoms with Gasteiger partial charge in [0.15, 0.2) is 5.17 Å². The molecular formula is C8H14N2OS. The Bertz CT molecular complexity index is 207. The first-order valence-corrected chi connectivity index (χ1v) is 5.22. The third kappa shape index (κ3) is 1.33. The second-order valence-corrected chi connectivity index (χ2v) is 4.58. The molecule has 0 radical (unpaired) electrons. The average molecular weight is 186 g/mol. The monoisotopic (exact) mass is 186 g/mol. The van der Waals surface area contributed by atoms with Crippen LogP contribution in [-0.4, -0.2) is 29.7 Å². The van der Waals surface area contributed by atoms with Crippen LogP contribution in [0.15, 0.2) is 4.99 Å². The molecule has 1 aliphatic carbocycles. The first kappa shape index (κ1) is 8.38. The molecule has 3 unspecified atom stereocenters. The molecule has 1 aliphatic heterocycles. The minimum Gasteiger partial charge on any atom is -0.379 e. The van der Waals surface area contributed by atoms with Gasteiger partial charge >= 0.3 is 0 Å². The fourth-order valence-corrected chi connectivity index (χ4v) is 3.14. The molecule has 0 aromatic heterocycles. The molecule has 3 nitrogen and oxygen atoms in total. The second-order valence-electron chi connectivity index (χ2n) is 3.32. The highest BCUT2D eigenvalue weighted by molar-refractivity contribution is 8.14. The summed E-state index contributed by atoms with van der Waals surface area (Å²) in [5.41, 5.74) is 5.67. The molecule has 68 valence electrons. The van der Waals surface area contributed by atoms with Gasteiger partial charge in [0.2, 0.25) is 0 Å². The molecule has 4 heteroatoms. The fourth-order valence-electron chi connectivity index (χ4n) is 1.99. The molecular weight excluding hydrogens is 172 g/mol. The fraction of sp³-hybridized carbons (Fsp3) is 0.875. The number of aliphatic imine (C=N–C) groups is 1. The number of thioether (sulfide) groups is 1. The molecule has 0 spiro atoms. The van der Waals surface area contributed by atoms with Crippen molar-refractivity contribution in [2.45, 2.75) is 36.7 Å². The van der Waals surface area contributed by atoms with Gasteiger partial charge in [0.1, 0.15) is 0 Å². The highest BCUT2D eigenvalue weighted by Crippen LogP contribution is 2.36. The zero-order chi connectivity index (χ0) is 8.55. The summed E-state index contributed by atoms with van der Waals surface area (Å²) in [4.78, 5) is 4.40. The number of hydrogen-bond donors (Lipinski definition) is 1. The number of nitrogens with two attached hydrogens (primary N) is 1. The molecule has 0 aromatic rings. The SMILES string of the molecule is COC1CCCC2SC(N)=NC12. The molecule has 3 atom stereocenters. The molecule has 2 rings (SSSR count). The molecule has 0 saturated heterocycles. The minimum atomic E-state index is 0.303. The molecule has 2 N–H and O–H groups in total. The van der Waals surface area contributed by atoms with Gasteiger partial charge in [-0.1, -0.05) is 11.8 Å². The van der Waals surface area contributed by atoms with E-state index in [2.05, 4.69) is 4.99 Å². The Morgan fingerprint density at radius 1 is 1.58 bits per heavy atom. The predicted molar refractivity (Wildman–Crippen MR) is 51.4 cm³/mol. The Hall–Kier alpha value is -0.220. The van der Waals surface area contributed by atoms with Gasteiger partial charge in [-0.25, -0.2) is 0 Å². The van der Waals surface area contributed by atoms with Crippen molar-refractivity contribution < 1.29 is 4.74 Å². The largest absolute Gasteiger partial charge is 0.379 e. The molecule has 1 saturated carbocycles. The highest BCUT2D eigenvalue weighted by Gasteiger charge is 2.38. The van der Waals surface area contributed by atoms with E-state index in [9.17, 15) is 0 Å². The zero-order valence-electron chi connectivity index (χ0n) is 7.19. The third-order valence-electron chi connectivity index (χ3n) is 2.59. The van der Waals surface area contributed by atoms with E-state index in [1.54, 1.807) is 18.9 Å². The standard InChI is InChI=1S/C8H14N2OS/c1-11-5-3-2-4-6-7(5)10-8(9)12-6/h5-7H,2-4H2,1H3,(H2,9,10).